The Morgan fingerprint density at radius 2 is 1.92 bits per heavy atom. The van der Waals surface area contributed by atoms with Crippen LogP contribution in [0.5, 0.6) is 0 Å². The van der Waals surface area contributed by atoms with Crippen molar-refractivity contribution >= 4 is 12.0 Å². The zero-order valence-corrected chi connectivity index (χ0v) is 14.5. The number of carboxylic acid groups (broad SMARTS) is 1. The first-order chi connectivity index (χ1) is 11.3. The SMILES string of the molecule is CC(C)(C)C1CC(NC(=O)NCc2ccc(C(=O)O)cc2)CCO1. The summed E-state index contributed by atoms with van der Waals surface area (Å²) in [5.41, 5.74) is 1.15. The number of carboxylic acids is 1. The highest BCUT2D eigenvalue weighted by Gasteiger charge is 2.32. The Morgan fingerprint density at radius 1 is 1.25 bits per heavy atom. The van der Waals surface area contributed by atoms with Crippen molar-refractivity contribution in [3.63, 3.8) is 0 Å². The topological polar surface area (TPSA) is 87.7 Å². The minimum atomic E-state index is -0.958. The molecular weight excluding hydrogens is 308 g/mol. The lowest BCUT2D eigenvalue weighted by atomic mass is 9.83. The van der Waals surface area contributed by atoms with Crippen LogP contribution in [0.1, 0.15) is 49.5 Å². The maximum absolute atomic E-state index is 12.1. The normalized spacial score (nSPS) is 21.1. The lowest BCUT2D eigenvalue weighted by Crippen LogP contribution is -2.48. The van der Waals surface area contributed by atoms with Crippen LogP contribution in [0.3, 0.4) is 0 Å². The molecule has 2 amide bonds. The molecular formula is C18H26N2O4. The van der Waals surface area contributed by atoms with E-state index in [1.54, 1.807) is 12.1 Å². The molecule has 1 aromatic rings. The summed E-state index contributed by atoms with van der Waals surface area (Å²) in [6, 6.07) is 6.36. The van der Waals surface area contributed by atoms with E-state index in [-0.39, 0.29) is 29.2 Å². The van der Waals surface area contributed by atoms with Crippen molar-refractivity contribution in [2.75, 3.05) is 6.61 Å². The van der Waals surface area contributed by atoms with Gasteiger partial charge >= 0.3 is 12.0 Å². The van der Waals surface area contributed by atoms with Gasteiger partial charge in [-0.2, -0.15) is 0 Å². The van der Waals surface area contributed by atoms with Gasteiger partial charge in [-0.15, -0.1) is 0 Å². The van der Waals surface area contributed by atoms with E-state index in [2.05, 4.69) is 31.4 Å². The first-order valence-corrected chi connectivity index (χ1v) is 8.24. The average molecular weight is 334 g/mol. The first-order valence-electron chi connectivity index (χ1n) is 8.24. The molecule has 3 N–H and O–H groups in total. The van der Waals surface area contributed by atoms with Gasteiger partial charge in [0.15, 0.2) is 0 Å². The smallest absolute Gasteiger partial charge is 0.335 e. The molecule has 2 rings (SSSR count). The molecule has 1 aromatic carbocycles. The third kappa shape index (κ3) is 5.23. The van der Waals surface area contributed by atoms with Crippen LogP contribution < -0.4 is 10.6 Å². The number of ether oxygens (including phenoxy) is 1. The largest absolute Gasteiger partial charge is 0.478 e. The molecule has 0 saturated carbocycles. The lowest BCUT2D eigenvalue weighted by Gasteiger charge is -2.37. The van der Waals surface area contributed by atoms with E-state index in [0.717, 1.165) is 18.4 Å². The molecule has 1 aliphatic heterocycles. The molecule has 0 spiro atoms. The molecule has 2 unspecified atom stereocenters. The lowest BCUT2D eigenvalue weighted by molar-refractivity contribution is -0.0565. The minimum absolute atomic E-state index is 0.0582. The fourth-order valence-electron chi connectivity index (χ4n) is 2.72. The second-order valence-corrected chi connectivity index (χ2v) is 7.28. The van der Waals surface area contributed by atoms with Crippen LogP contribution in [0.4, 0.5) is 4.79 Å². The van der Waals surface area contributed by atoms with Crippen LogP contribution in [0, 0.1) is 5.41 Å². The number of carbonyl (C=O) groups excluding carboxylic acids is 1. The van der Waals surface area contributed by atoms with Crippen molar-refractivity contribution in [3.05, 3.63) is 35.4 Å². The highest BCUT2D eigenvalue weighted by molar-refractivity contribution is 5.87. The van der Waals surface area contributed by atoms with E-state index in [4.69, 9.17) is 9.84 Å². The van der Waals surface area contributed by atoms with E-state index < -0.39 is 5.97 Å². The number of rotatable bonds is 4. The number of urea groups is 1. The van der Waals surface area contributed by atoms with Crippen LogP contribution in [0.15, 0.2) is 24.3 Å². The molecule has 0 aliphatic carbocycles. The number of nitrogens with one attached hydrogen (secondary N) is 2. The third-order valence-corrected chi connectivity index (χ3v) is 4.24. The quantitative estimate of drug-likeness (QED) is 0.790. The van der Waals surface area contributed by atoms with E-state index in [0.29, 0.717) is 13.2 Å². The summed E-state index contributed by atoms with van der Waals surface area (Å²) >= 11 is 0. The number of aromatic carboxylic acids is 1. The number of hydrogen-bond acceptors (Lipinski definition) is 3. The van der Waals surface area contributed by atoms with Gasteiger partial charge in [0.1, 0.15) is 0 Å². The summed E-state index contributed by atoms with van der Waals surface area (Å²) in [6.07, 6.45) is 1.76. The fourth-order valence-corrected chi connectivity index (χ4v) is 2.72. The Kier molecular flexibility index (Phi) is 5.83. The number of benzene rings is 1. The van der Waals surface area contributed by atoms with Crippen LogP contribution in [0.2, 0.25) is 0 Å². The highest BCUT2D eigenvalue weighted by atomic mass is 16.5. The van der Waals surface area contributed by atoms with Crippen molar-refractivity contribution in [1.82, 2.24) is 10.6 Å². The third-order valence-electron chi connectivity index (χ3n) is 4.24. The molecule has 1 heterocycles. The second kappa shape index (κ2) is 7.66. The van der Waals surface area contributed by atoms with Crippen LogP contribution in [0.25, 0.3) is 0 Å². The number of carbonyl (C=O) groups is 2. The van der Waals surface area contributed by atoms with Gasteiger partial charge in [0.05, 0.1) is 11.7 Å². The van der Waals surface area contributed by atoms with Crippen molar-refractivity contribution in [1.29, 1.82) is 0 Å². The fraction of sp³-hybridized carbons (Fsp3) is 0.556. The van der Waals surface area contributed by atoms with Gasteiger partial charge < -0.3 is 20.5 Å². The molecule has 1 fully saturated rings. The summed E-state index contributed by atoms with van der Waals surface area (Å²) in [5.74, 6) is -0.958. The molecule has 6 nitrogen and oxygen atoms in total. The number of amides is 2. The van der Waals surface area contributed by atoms with E-state index >= 15 is 0 Å². The zero-order valence-electron chi connectivity index (χ0n) is 14.5. The Balaban J connectivity index is 1.79. The van der Waals surface area contributed by atoms with E-state index in [1.807, 2.05) is 0 Å². The monoisotopic (exact) mass is 334 g/mol. The first kappa shape index (κ1) is 18.3. The molecule has 6 heteroatoms. The van der Waals surface area contributed by atoms with Gasteiger partial charge in [0, 0.05) is 19.2 Å². The molecule has 132 valence electrons. The van der Waals surface area contributed by atoms with Crippen molar-refractivity contribution in [3.8, 4) is 0 Å². The standard InChI is InChI=1S/C18H26N2O4/c1-18(2,3)15-10-14(8-9-24-15)20-17(23)19-11-12-4-6-13(7-5-12)16(21)22/h4-7,14-15H,8-11H2,1-3H3,(H,21,22)(H2,19,20,23). The molecule has 1 aliphatic rings. The summed E-state index contributed by atoms with van der Waals surface area (Å²) in [6.45, 7) is 7.43. The predicted octanol–water partition coefficient (Wildman–Crippen LogP) is 2.78. The van der Waals surface area contributed by atoms with Crippen molar-refractivity contribution in [2.45, 2.75) is 52.3 Å². The molecule has 0 bridgehead atoms. The minimum Gasteiger partial charge on any atom is -0.478 e. The predicted molar refractivity (Wildman–Crippen MR) is 91.0 cm³/mol. The summed E-state index contributed by atoms with van der Waals surface area (Å²) in [7, 11) is 0. The zero-order chi connectivity index (χ0) is 17.7. The second-order valence-electron chi connectivity index (χ2n) is 7.28. The van der Waals surface area contributed by atoms with Gasteiger partial charge in [-0.1, -0.05) is 32.9 Å². The average Bonchev–Trinajstić information content (AvgIpc) is 2.53. The maximum atomic E-state index is 12.1. The van der Waals surface area contributed by atoms with Crippen molar-refractivity contribution < 1.29 is 19.4 Å². The van der Waals surface area contributed by atoms with Gasteiger partial charge in [0.2, 0.25) is 0 Å². The van der Waals surface area contributed by atoms with E-state index in [9.17, 15) is 9.59 Å². The molecule has 1 saturated heterocycles. The van der Waals surface area contributed by atoms with Crippen molar-refractivity contribution in [2.24, 2.45) is 5.41 Å². The van der Waals surface area contributed by atoms with Gasteiger partial charge in [-0.3, -0.25) is 0 Å². The van der Waals surface area contributed by atoms with Gasteiger partial charge in [-0.25, -0.2) is 9.59 Å². The number of hydrogen-bond donors (Lipinski definition) is 3. The molecule has 24 heavy (non-hydrogen) atoms. The molecule has 0 radical (unpaired) electrons. The van der Waals surface area contributed by atoms with E-state index in [1.165, 1.54) is 12.1 Å². The Morgan fingerprint density at radius 3 is 2.50 bits per heavy atom. The Bertz CT molecular complexity index is 578. The highest BCUT2D eigenvalue weighted by Crippen LogP contribution is 2.29. The summed E-state index contributed by atoms with van der Waals surface area (Å²) < 4.78 is 5.79. The molecule has 2 atom stereocenters. The Hall–Kier alpha value is -2.08. The Labute approximate surface area is 142 Å². The van der Waals surface area contributed by atoms with Crippen LogP contribution >= 0.6 is 0 Å². The van der Waals surface area contributed by atoms with Crippen LogP contribution in [-0.4, -0.2) is 35.9 Å². The van der Waals surface area contributed by atoms with Crippen LogP contribution in [-0.2, 0) is 11.3 Å². The summed E-state index contributed by atoms with van der Waals surface area (Å²) in [5, 5.41) is 14.7. The van der Waals surface area contributed by atoms with Gasteiger partial charge in [0.25, 0.3) is 0 Å². The maximum Gasteiger partial charge on any atom is 0.335 e. The molecule has 0 aromatic heterocycles. The van der Waals surface area contributed by atoms with Gasteiger partial charge in [-0.05, 0) is 36.0 Å². The summed E-state index contributed by atoms with van der Waals surface area (Å²) in [4.78, 5) is 22.9.